The van der Waals surface area contributed by atoms with Gasteiger partial charge in [0.15, 0.2) is 6.10 Å². The Morgan fingerprint density at radius 3 is 2.60 bits per heavy atom. The van der Waals surface area contributed by atoms with Gasteiger partial charge in [0.25, 0.3) is 5.91 Å². The molecule has 1 aliphatic carbocycles. The van der Waals surface area contributed by atoms with Gasteiger partial charge in [-0.3, -0.25) is 4.79 Å². The number of amides is 1. The first-order chi connectivity index (χ1) is 11.9. The summed E-state index contributed by atoms with van der Waals surface area (Å²) in [5.74, 6) is -0.736. The Kier molecular flexibility index (Phi) is 5.23. The second-order valence-corrected chi connectivity index (χ2v) is 7.74. The van der Waals surface area contributed by atoms with Crippen LogP contribution < -0.4 is 5.32 Å². The molecule has 0 fully saturated rings. The zero-order chi connectivity index (χ0) is 18.0. The van der Waals surface area contributed by atoms with Gasteiger partial charge in [0.05, 0.1) is 0 Å². The molecule has 2 aromatic rings. The number of benzene rings is 1. The number of thiophene rings is 1. The van der Waals surface area contributed by atoms with Gasteiger partial charge in [-0.25, -0.2) is 4.79 Å². The van der Waals surface area contributed by atoms with Crippen molar-refractivity contribution in [3.8, 4) is 0 Å². The molecule has 0 radical (unpaired) electrons. The van der Waals surface area contributed by atoms with Gasteiger partial charge < -0.3 is 10.1 Å². The molecule has 0 aliphatic heterocycles. The molecule has 25 heavy (non-hydrogen) atoms. The molecule has 0 saturated heterocycles. The van der Waals surface area contributed by atoms with Crippen LogP contribution in [0, 0.1) is 13.8 Å². The number of carbonyl (C=O) groups excluding carboxylic acids is 2. The van der Waals surface area contributed by atoms with Gasteiger partial charge in [0.1, 0.15) is 4.88 Å². The minimum Gasteiger partial charge on any atom is -0.448 e. The third kappa shape index (κ3) is 4.10. The van der Waals surface area contributed by atoms with Gasteiger partial charge in [-0.05, 0) is 81.3 Å². The van der Waals surface area contributed by atoms with Crippen LogP contribution >= 0.6 is 11.3 Å². The molecule has 5 heteroatoms. The summed E-state index contributed by atoms with van der Waals surface area (Å²) in [4.78, 5) is 26.5. The Morgan fingerprint density at radius 2 is 1.88 bits per heavy atom. The summed E-state index contributed by atoms with van der Waals surface area (Å²) < 4.78 is 5.36. The predicted octanol–water partition coefficient (Wildman–Crippen LogP) is 4.43. The monoisotopic (exact) mass is 357 g/mol. The lowest BCUT2D eigenvalue weighted by Gasteiger charge is -2.13. The minimum absolute atomic E-state index is 0.321. The molecule has 1 atom stereocenters. The van der Waals surface area contributed by atoms with Crippen molar-refractivity contribution in [2.24, 2.45) is 0 Å². The van der Waals surface area contributed by atoms with Crippen molar-refractivity contribution < 1.29 is 14.3 Å². The van der Waals surface area contributed by atoms with Crippen molar-refractivity contribution in [3.63, 3.8) is 0 Å². The van der Waals surface area contributed by atoms with Crippen LogP contribution in [0.1, 0.15) is 51.0 Å². The van der Waals surface area contributed by atoms with E-state index in [9.17, 15) is 9.59 Å². The average molecular weight is 357 g/mol. The summed E-state index contributed by atoms with van der Waals surface area (Å²) in [5.41, 5.74) is 4.24. The van der Waals surface area contributed by atoms with Crippen molar-refractivity contribution in [1.82, 2.24) is 0 Å². The number of rotatable bonds is 4. The maximum absolute atomic E-state index is 12.3. The van der Waals surface area contributed by atoms with Crippen molar-refractivity contribution >= 4 is 28.9 Å². The van der Waals surface area contributed by atoms with Crippen LogP contribution in [0.5, 0.6) is 0 Å². The molecule has 3 rings (SSSR count). The molecule has 4 nitrogen and oxygen atoms in total. The lowest BCUT2D eigenvalue weighted by atomic mass is 9.99. The highest BCUT2D eigenvalue weighted by Gasteiger charge is 2.22. The Hall–Kier alpha value is -2.14. The van der Waals surface area contributed by atoms with E-state index < -0.39 is 12.1 Å². The average Bonchev–Trinajstić information content (AvgIpc) is 3.02. The molecule has 1 N–H and O–H groups in total. The first-order valence-corrected chi connectivity index (χ1v) is 9.46. The van der Waals surface area contributed by atoms with E-state index in [4.69, 9.17) is 4.74 Å². The molecular weight excluding hydrogens is 334 g/mol. The molecule has 1 heterocycles. The van der Waals surface area contributed by atoms with E-state index in [2.05, 4.69) is 5.32 Å². The van der Waals surface area contributed by atoms with E-state index in [1.165, 1.54) is 40.2 Å². The Morgan fingerprint density at radius 1 is 1.12 bits per heavy atom. The van der Waals surface area contributed by atoms with Crippen LogP contribution in [0.25, 0.3) is 0 Å². The second-order valence-electron chi connectivity index (χ2n) is 6.60. The van der Waals surface area contributed by atoms with Crippen molar-refractivity contribution in [1.29, 1.82) is 0 Å². The Balaban J connectivity index is 1.61. The lowest BCUT2D eigenvalue weighted by Crippen LogP contribution is -2.29. The number of ether oxygens (including phenoxy) is 1. The highest BCUT2D eigenvalue weighted by atomic mass is 32.1. The van der Waals surface area contributed by atoms with Crippen LogP contribution in [0.15, 0.2) is 24.3 Å². The van der Waals surface area contributed by atoms with Crippen LogP contribution in [0.4, 0.5) is 5.69 Å². The van der Waals surface area contributed by atoms with E-state index in [1.54, 1.807) is 6.92 Å². The van der Waals surface area contributed by atoms with E-state index in [0.29, 0.717) is 10.6 Å². The van der Waals surface area contributed by atoms with Gasteiger partial charge in [-0.2, -0.15) is 0 Å². The lowest BCUT2D eigenvalue weighted by molar-refractivity contribution is -0.123. The number of anilines is 1. The van der Waals surface area contributed by atoms with Crippen molar-refractivity contribution in [2.75, 3.05) is 5.32 Å². The minimum atomic E-state index is -0.840. The molecule has 0 spiro atoms. The summed E-state index contributed by atoms with van der Waals surface area (Å²) in [7, 11) is 0. The van der Waals surface area contributed by atoms with Crippen molar-refractivity contribution in [2.45, 2.75) is 52.6 Å². The summed E-state index contributed by atoms with van der Waals surface area (Å²) in [6, 6.07) is 7.64. The van der Waals surface area contributed by atoms with Gasteiger partial charge in [-0.1, -0.05) is 6.07 Å². The molecule has 0 saturated carbocycles. The highest BCUT2D eigenvalue weighted by Crippen LogP contribution is 2.30. The molecule has 1 amide bonds. The Labute approximate surface area is 152 Å². The molecule has 1 aromatic heterocycles. The van der Waals surface area contributed by atoms with Crippen molar-refractivity contribution in [3.05, 3.63) is 50.7 Å². The smallest absolute Gasteiger partial charge is 0.349 e. The topological polar surface area (TPSA) is 55.4 Å². The fraction of sp³-hybridized carbons (Fsp3) is 0.400. The first-order valence-electron chi connectivity index (χ1n) is 8.64. The maximum Gasteiger partial charge on any atom is 0.349 e. The van der Waals surface area contributed by atoms with E-state index in [-0.39, 0.29) is 5.91 Å². The number of carbonyl (C=O) groups is 2. The number of hydrogen-bond acceptors (Lipinski definition) is 4. The first kappa shape index (κ1) is 17.7. The fourth-order valence-electron chi connectivity index (χ4n) is 2.93. The van der Waals surface area contributed by atoms with Gasteiger partial charge in [-0.15, -0.1) is 11.3 Å². The zero-order valence-electron chi connectivity index (χ0n) is 14.8. The number of nitrogens with one attached hydrogen (secondary N) is 1. The van der Waals surface area contributed by atoms with Crippen LogP contribution in [0.3, 0.4) is 0 Å². The molecule has 132 valence electrons. The summed E-state index contributed by atoms with van der Waals surface area (Å²) >= 11 is 1.50. The molecule has 1 aromatic carbocycles. The summed E-state index contributed by atoms with van der Waals surface area (Å²) in [6.07, 6.45) is 3.58. The zero-order valence-corrected chi connectivity index (χ0v) is 15.7. The normalized spacial score (nSPS) is 14.5. The van der Waals surface area contributed by atoms with Gasteiger partial charge >= 0.3 is 5.97 Å². The summed E-state index contributed by atoms with van der Waals surface area (Å²) in [6.45, 7) is 5.61. The Bertz CT molecular complexity index is 786. The quantitative estimate of drug-likeness (QED) is 0.824. The standard InChI is InChI=1S/C20H23NO3S/c1-12-8-9-16(10-13(12)2)21-19(22)14(3)24-20(23)18-11-15-6-4-5-7-17(15)25-18/h8-11,14H,4-7H2,1-3H3,(H,21,22). The van der Waals surface area contributed by atoms with Crippen LogP contribution in [0.2, 0.25) is 0 Å². The third-order valence-corrected chi connectivity index (χ3v) is 5.84. The number of esters is 1. The summed E-state index contributed by atoms with van der Waals surface area (Å²) in [5, 5.41) is 2.80. The van der Waals surface area contributed by atoms with Crippen LogP contribution in [-0.2, 0) is 22.4 Å². The number of hydrogen-bond donors (Lipinski definition) is 1. The van der Waals surface area contributed by atoms with Crippen LogP contribution in [-0.4, -0.2) is 18.0 Å². The predicted molar refractivity (Wildman–Crippen MR) is 100 cm³/mol. The van der Waals surface area contributed by atoms with Gasteiger partial charge in [0.2, 0.25) is 0 Å². The fourth-order valence-corrected chi connectivity index (χ4v) is 4.06. The molecule has 0 bridgehead atoms. The molecular formula is C20H23NO3S. The maximum atomic E-state index is 12.3. The molecule has 1 aliphatic rings. The van der Waals surface area contributed by atoms with Gasteiger partial charge in [0, 0.05) is 10.6 Å². The SMILES string of the molecule is Cc1ccc(NC(=O)C(C)OC(=O)c2cc3c(s2)CCCC3)cc1C. The largest absolute Gasteiger partial charge is 0.448 e. The third-order valence-electron chi connectivity index (χ3n) is 4.63. The van der Waals surface area contributed by atoms with E-state index in [0.717, 1.165) is 18.4 Å². The molecule has 1 unspecified atom stereocenters. The number of aryl methyl sites for hydroxylation is 4. The second kappa shape index (κ2) is 7.40. The highest BCUT2D eigenvalue weighted by molar-refractivity contribution is 7.14. The van der Waals surface area contributed by atoms with E-state index >= 15 is 0 Å². The van der Waals surface area contributed by atoms with E-state index in [1.807, 2.05) is 38.1 Å². The number of fused-ring (bicyclic) bond motifs is 1.